The van der Waals surface area contributed by atoms with Crippen molar-refractivity contribution in [3.8, 4) is 0 Å². The van der Waals surface area contributed by atoms with Crippen LogP contribution in [0.3, 0.4) is 0 Å². The van der Waals surface area contributed by atoms with Gasteiger partial charge in [-0.25, -0.2) is 0 Å². The smallest absolute Gasteiger partial charge is 0.223 e. The van der Waals surface area contributed by atoms with E-state index in [0.29, 0.717) is 5.92 Å². The third-order valence-corrected chi connectivity index (χ3v) is 4.92. The summed E-state index contributed by atoms with van der Waals surface area (Å²) in [7, 11) is 0. The Morgan fingerprint density at radius 3 is 2.57 bits per heavy atom. The largest absolute Gasteiger partial charge is 0.394 e. The Morgan fingerprint density at radius 1 is 1.17 bits per heavy atom. The monoisotopic (exact) mass is 322 g/mol. The number of amides is 2. The highest BCUT2D eigenvalue weighted by atomic mass is 16.5. The first-order chi connectivity index (χ1) is 11.2. The molecule has 6 nitrogen and oxygen atoms in total. The van der Waals surface area contributed by atoms with Gasteiger partial charge >= 0.3 is 0 Å². The predicted molar refractivity (Wildman–Crippen MR) is 84.5 cm³/mol. The van der Waals surface area contributed by atoms with Crippen molar-refractivity contribution in [2.24, 2.45) is 11.8 Å². The molecule has 2 amide bonds. The van der Waals surface area contributed by atoms with Gasteiger partial charge in [0.15, 0.2) is 0 Å². The van der Waals surface area contributed by atoms with Crippen molar-refractivity contribution in [2.45, 2.75) is 56.8 Å². The summed E-state index contributed by atoms with van der Waals surface area (Å²) in [5, 5.41) is 15.4. The van der Waals surface area contributed by atoms with Crippen LogP contribution < -0.4 is 10.6 Å². The molecule has 0 spiro atoms. The first-order valence-electron chi connectivity index (χ1n) is 8.67. The number of aliphatic hydroxyl groups excluding tert-OH is 1. The molecule has 128 valence electrons. The predicted octanol–water partition coefficient (Wildman–Crippen LogP) is 0.503. The van der Waals surface area contributed by atoms with E-state index in [-0.39, 0.29) is 42.9 Å². The van der Waals surface area contributed by atoms with E-state index in [1.165, 1.54) is 12.8 Å². The molecule has 6 heteroatoms. The van der Waals surface area contributed by atoms with Gasteiger partial charge in [-0.05, 0) is 31.6 Å². The molecule has 3 atom stereocenters. The van der Waals surface area contributed by atoms with E-state index in [0.717, 1.165) is 25.8 Å². The summed E-state index contributed by atoms with van der Waals surface area (Å²) in [5.74, 6) is 0.764. The van der Waals surface area contributed by atoms with Crippen LogP contribution in [0.1, 0.15) is 38.5 Å². The number of aliphatic hydroxyl groups is 1. The fourth-order valence-corrected chi connectivity index (χ4v) is 2.92. The number of ether oxygens (including phenoxy) is 1. The van der Waals surface area contributed by atoms with E-state index < -0.39 is 6.10 Å². The standard InChI is InChI=1S/C17H26N2O4/c20-10-15-14(19-17(22)12-2-1-3-12)7-6-13(23-15)8-16(21)18-9-11-4-5-11/h6-7,11-15,20H,1-5,8-10H2,(H,18,21)(H,19,22)/t13-,14+,15+/m1/s1. The van der Waals surface area contributed by atoms with E-state index in [1.807, 2.05) is 12.2 Å². The Bertz CT molecular complexity index is 471. The molecular weight excluding hydrogens is 296 g/mol. The Labute approximate surface area is 136 Å². The van der Waals surface area contributed by atoms with E-state index in [1.54, 1.807) is 0 Å². The molecule has 2 saturated carbocycles. The minimum Gasteiger partial charge on any atom is -0.394 e. The minimum atomic E-state index is -0.495. The minimum absolute atomic E-state index is 0.0276. The van der Waals surface area contributed by atoms with Crippen molar-refractivity contribution in [1.29, 1.82) is 0 Å². The van der Waals surface area contributed by atoms with Crippen molar-refractivity contribution in [3.63, 3.8) is 0 Å². The first kappa shape index (κ1) is 16.5. The summed E-state index contributed by atoms with van der Waals surface area (Å²) in [4.78, 5) is 23.9. The van der Waals surface area contributed by atoms with Crippen LogP contribution in [0.15, 0.2) is 12.2 Å². The van der Waals surface area contributed by atoms with Crippen LogP contribution in [-0.4, -0.2) is 48.3 Å². The van der Waals surface area contributed by atoms with E-state index in [4.69, 9.17) is 4.74 Å². The normalized spacial score (nSPS) is 30.6. The topological polar surface area (TPSA) is 87.7 Å². The van der Waals surface area contributed by atoms with Crippen LogP contribution in [0.25, 0.3) is 0 Å². The molecule has 0 radical (unpaired) electrons. The molecule has 1 heterocycles. The van der Waals surface area contributed by atoms with Crippen molar-refractivity contribution < 1.29 is 19.4 Å². The molecule has 0 aromatic carbocycles. The quantitative estimate of drug-likeness (QED) is 0.596. The van der Waals surface area contributed by atoms with Crippen molar-refractivity contribution >= 4 is 11.8 Å². The summed E-state index contributed by atoms with van der Waals surface area (Å²) in [6.45, 7) is 0.568. The Balaban J connectivity index is 1.47. The zero-order valence-electron chi connectivity index (χ0n) is 13.4. The van der Waals surface area contributed by atoms with Crippen LogP contribution in [0.4, 0.5) is 0 Å². The van der Waals surface area contributed by atoms with Gasteiger partial charge in [-0.3, -0.25) is 9.59 Å². The van der Waals surface area contributed by atoms with Crippen LogP contribution in [-0.2, 0) is 14.3 Å². The Hall–Kier alpha value is -1.40. The zero-order valence-corrected chi connectivity index (χ0v) is 13.4. The molecular formula is C17H26N2O4. The van der Waals surface area contributed by atoms with Gasteiger partial charge in [0.05, 0.1) is 25.2 Å². The lowest BCUT2D eigenvalue weighted by atomic mass is 9.84. The fourth-order valence-electron chi connectivity index (χ4n) is 2.92. The number of carbonyl (C=O) groups is 2. The summed E-state index contributed by atoms with van der Waals surface area (Å²) >= 11 is 0. The summed E-state index contributed by atoms with van der Waals surface area (Å²) in [6.07, 6.45) is 8.47. The number of hydrogen-bond acceptors (Lipinski definition) is 4. The molecule has 0 aromatic heterocycles. The van der Waals surface area contributed by atoms with Gasteiger partial charge in [-0.15, -0.1) is 0 Å². The zero-order chi connectivity index (χ0) is 16.2. The average molecular weight is 322 g/mol. The van der Waals surface area contributed by atoms with E-state index in [2.05, 4.69) is 10.6 Å². The highest BCUT2D eigenvalue weighted by molar-refractivity contribution is 5.80. The molecule has 3 N–H and O–H groups in total. The molecule has 2 fully saturated rings. The Morgan fingerprint density at radius 2 is 1.96 bits per heavy atom. The Kier molecular flexibility index (Phi) is 5.33. The van der Waals surface area contributed by atoms with Crippen LogP contribution in [0, 0.1) is 11.8 Å². The SMILES string of the molecule is O=C(C[C@H]1C=C[C@H](NC(=O)C2CCC2)[C@H](CO)O1)NCC1CC1. The number of rotatable bonds is 7. The highest BCUT2D eigenvalue weighted by Crippen LogP contribution is 2.28. The van der Waals surface area contributed by atoms with Gasteiger partial charge in [0.2, 0.25) is 11.8 Å². The number of carbonyl (C=O) groups excluding carboxylic acids is 2. The molecule has 0 aromatic rings. The number of hydrogen-bond donors (Lipinski definition) is 3. The lowest BCUT2D eigenvalue weighted by Gasteiger charge is -2.33. The van der Waals surface area contributed by atoms with Crippen molar-refractivity contribution in [1.82, 2.24) is 10.6 Å². The molecule has 0 saturated heterocycles. The molecule has 3 rings (SSSR count). The fraction of sp³-hybridized carbons (Fsp3) is 0.765. The molecule has 0 bridgehead atoms. The highest BCUT2D eigenvalue weighted by Gasteiger charge is 2.32. The summed E-state index contributed by atoms with van der Waals surface area (Å²) in [6, 6.07) is -0.320. The van der Waals surface area contributed by atoms with E-state index >= 15 is 0 Å². The number of nitrogens with one attached hydrogen (secondary N) is 2. The molecule has 3 aliphatic rings. The maximum Gasteiger partial charge on any atom is 0.223 e. The summed E-state index contributed by atoms with van der Waals surface area (Å²) < 4.78 is 5.76. The second-order valence-corrected chi connectivity index (χ2v) is 6.89. The van der Waals surface area contributed by atoms with Gasteiger partial charge in [0.25, 0.3) is 0 Å². The lowest BCUT2D eigenvalue weighted by molar-refractivity contribution is -0.131. The third kappa shape index (κ3) is 4.54. The van der Waals surface area contributed by atoms with Gasteiger partial charge in [-0.1, -0.05) is 18.6 Å². The summed E-state index contributed by atoms with van der Waals surface area (Å²) in [5.41, 5.74) is 0. The van der Waals surface area contributed by atoms with E-state index in [9.17, 15) is 14.7 Å². The second-order valence-electron chi connectivity index (χ2n) is 6.89. The maximum atomic E-state index is 12.0. The van der Waals surface area contributed by atoms with Crippen molar-refractivity contribution in [2.75, 3.05) is 13.2 Å². The lowest BCUT2D eigenvalue weighted by Crippen LogP contribution is -2.51. The molecule has 0 unspecified atom stereocenters. The molecule has 1 aliphatic heterocycles. The molecule has 2 aliphatic carbocycles. The van der Waals surface area contributed by atoms with Crippen molar-refractivity contribution in [3.05, 3.63) is 12.2 Å². The van der Waals surface area contributed by atoms with Gasteiger partial charge < -0.3 is 20.5 Å². The van der Waals surface area contributed by atoms with Gasteiger partial charge in [-0.2, -0.15) is 0 Å². The van der Waals surface area contributed by atoms with Gasteiger partial charge in [0, 0.05) is 12.5 Å². The molecule has 23 heavy (non-hydrogen) atoms. The third-order valence-electron chi connectivity index (χ3n) is 4.92. The van der Waals surface area contributed by atoms with Crippen LogP contribution >= 0.6 is 0 Å². The second kappa shape index (κ2) is 7.45. The van der Waals surface area contributed by atoms with Gasteiger partial charge in [0.1, 0.15) is 6.10 Å². The maximum absolute atomic E-state index is 12.0. The average Bonchev–Trinajstić information content (AvgIpc) is 3.29. The van der Waals surface area contributed by atoms with Crippen LogP contribution in [0.2, 0.25) is 0 Å². The van der Waals surface area contributed by atoms with Crippen LogP contribution in [0.5, 0.6) is 0 Å². The first-order valence-corrected chi connectivity index (χ1v) is 8.67.